The van der Waals surface area contributed by atoms with Crippen LogP contribution in [0.3, 0.4) is 0 Å². The van der Waals surface area contributed by atoms with Crippen molar-refractivity contribution in [1.29, 1.82) is 0 Å². The van der Waals surface area contributed by atoms with Crippen LogP contribution in [0.4, 0.5) is 11.8 Å². The van der Waals surface area contributed by atoms with Crippen molar-refractivity contribution in [3.8, 4) is 11.1 Å². The molecule has 3 aromatic rings. The number of ether oxygens (including phenoxy) is 1. The van der Waals surface area contributed by atoms with Crippen LogP contribution in [0.5, 0.6) is 0 Å². The van der Waals surface area contributed by atoms with Crippen LogP contribution in [0.15, 0.2) is 29.2 Å². The van der Waals surface area contributed by atoms with E-state index in [1.807, 2.05) is 44.1 Å². The van der Waals surface area contributed by atoms with Crippen LogP contribution in [0.25, 0.3) is 22.2 Å². The molecule has 0 bridgehead atoms. The van der Waals surface area contributed by atoms with E-state index in [1.54, 1.807) is 10.8 Å². The molecule has 4 heterocycles. The number of aromatic nitrogens is 4. The van der Waals surface area contributed by atoms with E-state index in [0.717, 1.165) is 41.9 Å². The highest BCUT2D eigenvalue weighted by molar-refractivity contribution is 5.84. The molecule has 0 spiro atoms. The number of hydrogen-bond acceptors (Lipinski definition) is 7. The number of nitrogens with two attached hydrogens (primary N) is 1. The predicted octanol–water partition coefficient (Wildman–Crippen LogP) is 2.16. The lowest BCUT2D eigenvalue weighted by molar-refractivity contribution is 0.0594. The van der Waals surface area contributed by atoms with Crippen molar-refractivity contribution in [3.63, 3.8) is 0 Å². The molecule has 1 fully saturated rings. The number of rotatable bonds is 3. The number of nitrogens with zero attached hydrogens (tertiary/aromatic N) is 5. The average molecular weight is 380 g/mol. The maximum Gasteiger partial charge on any atom is 0.260 e. The van der Waals surface area contributed by atoms with Gasteiger partial charge in [0.05, 0.1) is 18.3 Å². The van der Waals surface area contributed by atoms with Crippen molar-refractivity contribution in [2.75, 3.05) is 37.9 Å². The Bertz CT molecular complexity index is 1070. The smallest absolute Gasteiger partial charge is 0.260 e. The molecule has 1 atom stereocenters. The third-order valence-corrected chi connectivity index (χ3v) is 5.12. The van der Waals surface area contributed by atoms with Crippen LogP contribution < -0.4 is 16.2 Å². The minimum Gasteiger partial charge on any atom is -0.379 e. The molecule has 1 saturated heterocycles. The molecule has 3 aromatic heterocycles. The van der Waals surface area contributed by atoms with Gasteiger partial charge >= 0.3 is 0 Å². The van der Waals surface area contributed by atoms with Gasteiger partial charge in [0.15, 0.2) is 0 Å². The molecule has 0 aliphatic carbocycles. The second-order valence-corrected chi connectivity index (χ2v) is 7.31. The van der Waals surface area contributed by atoms with Crippen LogP contribution in [0.2, 0.25) is 0 Å². The van der Waals surface area contributed by atoms with Gasteiger partial charge in [-0.25, -0.2) is 9.97 Å². The fourth-order valence-corrected chi connectivity index (χ4v) is 3.66. The van der Waals surface area contributed by atoms with Crippen molar-refractivity contribution in [3.05, 3.63) is 40.4 Å². The summed E-state index contributed by atoms with van der Waals surface area (Å²) < 4.78 is 7.37. The quantitative estimate of drug-likeness (QED) is 0.743. The Hall–Kier alpha value is -3.00. The fourth-order valence-electron chi connectivity index (χ4n) is 3.66. The normalized spacial score (nSPS) is 17.0. The Morgan fingerprint density at radius 1 is 1.29 bits per heavy atom. The summed E-state index contributed by atoms with van der Waals surface area (Å²) in [6.07, 6.45) is 3.49. The van der Waals surface area contributed by atoms with E-state index in [9.17, 15) is 4.79 Å². The topological polar surface area (TPSA) is 99.2 Å². The summed E-state index contributed by atoms with van der Waals surface area (Å²) in [6, 6.07) is 5.59. The molecule has 8 heteroatoms. The summed E-state index contributed by atoms with van der Waals surface area (Å²) >= 11 is 0. The van der Waals surface area contributed by atoms with Crippen LogP contribution in [-0.2, 0) is 4.74 Å². The van der Waals surface area contributed by atoms with E-state index in [2.05, 4.69) is 15.0 Å². The van der Waals surface area contributed by atoms with Gasteiger partial charge in [-0.1, -0.05) is 0 Å². The van der Waals surface area contributed by atoms with E-state index < -0.39 is 0 Å². The maximum absolute atomic E-state index is 13.5. The Morgan fingerprint density at radius 2 is 2.11 bits per heavy atom. The molecule has 146 valence electrons. The lowest BCUT2D eigenvalue weighted by Gasteiger charge is -2.26. The van der Waals surface area contributed by atoms with Gasteiger partial charge in [0.2, 0.25) is 5.95 Å². The molecule has 4 rings (SSSR count). The van der Waals surface area contributed by atoms with E-state index in [-0.39, 0.29) is 17.5 Å². The van der Waals surface area contributed by atoms with Crippen LogP contribution in [0, 0.1) is 6.92 Å². The van der Waals surface area contributed by atoms with Gasteiger partial charge in [0, 0.05) is 43.4 Å². The number of fused-ring (bicyclic) bond motifs is 1. The molecule has 0 saturated carbocycles. The zero-order valence-corrected chi connectivity index (χ0v) is 16.3. The number of anilines is 2. The summed E-state index contributed by atoms with van der Waals surface area (Å²) in [7, 11) is 3.86. The van der Waals surface area contributed by atoms with Crippen molar-refractivity contribution in [2.24, 2.45) is 0 Å². The molecule has 0 amide bonds. The maximum atomic E-state index is 13.5. The van der Waals surface area contributed by atoms with Crippen LogP contribution in [-0.4, -0.2) is 46.8 Å². The minimum absolute atomic E-state index is 0.0774. The monoisotopic (exact) mass is 380 g/mol. The average Bonchev–Trinajstić information content (AvgIpc) is 2.68. The lowest BCUT2D eigenvalue weighted by Crippen LogP contribution is -2.32. The number of aryl methyl sites for hydroxylation is 1. The highest BCUT2D eigenvalue weighted by Crippen LogP contribution is 2.27. The minimum atomic E-state index is -0.111. The molecule has 0 radical (unpaired) electrons. The summed E-state index contributed by atoms with van der Waals surface area (Å²) in [4.78, 5) is 28.6. The van der Waals surface area contributed by atoms with Crippen molar-refractivity contribution in [2.45, 2.75) is 25.8 Å². The van der Waals surface area contributed by atoms with Crippen molar-refractivity contribution in [1.82, 2.24) is 19.5 Å². The second kappa shape index (κ2) is 7.20. The predicted molar refractivity (Wildman–Crippen MR) is 110 cm³/mol. The third-order valence-electron chi connectivity index (χ3n) is 5.12. The number of nitrogen functional groups attached to an aromatic ring is 1. The van der Waals surface area contributed by atoms with E-state index in [4.69, 9.17) is 10.5 Å². The summed E-state index contributed by atoms with van der Waals surface area (Å²) in [5.74, 6) is 0.998. The molecular weight excluding hydrogens is 356 g/mol. The Labute approximate surface area is 163 Å². The van der Waals surface area contributed by atoms with Gasteiger partial charge in [-0.3, -0.25) is 9.36 Å². The Morgan fingerprint density at radius 3 is 2.75 bits per heavy atom. The highest BCUT2D eigenvalue weighted by Gasteiger charge is 2.23. The molecule has 0 aromatic carbocycles. The molecule has 8 nitrogen and oxygen atoms in total. The number of hydrogen-bond donors (Lipinski definition) is 1. The molecule has 2 N–H and O–H groups in total. The number of pyridine rings is 2. The zero-order valence-electron chi connectivity index (χ0n) is 16.3. The first-order valence-electron chi connectivity index (χ1n) is 9.36. The third kappa shape index (κ3) is 3.20. The Kier molecular flexibility index (Phi) is 4.72. The van der Waals surface area contributed by atoms with Gasteiger partial charge in [-0.05, 0) is 38.0 Å². The van der Waals surface area contributed by atoms with Gasteiger partial charge in [-0.2, -0.15) is 4.98 Å². The molecular formula is C20H24N6O2. The first-order valence-corrected chi connectivity index (χ1v) is 9.36. The Balaban J connectivity index is 1.97. The molecule has 28 heavy (non-hydrogen) atoms. The summed E-state index contributed by atoms with van der Waals surface area (Å²) in [6.45, 7) is 3.08. The van der Waals surface area contributed by atoms with Gasteiger partial charge < -0.3 is 15.4 Å². The summed E-state index contributed by atoms with van der Waals surface area (Å²) in [5, 5.41) is 0.811. The van der Waals surface area contributed by atoms with E-state index in [1.165, 1.54) is 0 Å². The standard InChI is InChI=1S/C20H24N6O2/c1-12-15-9-16(13-6-7-17(22-10-13)25(2)3)19(27)26(14-5-4-8-28-11-14)18(15)24-20(21)23-12/h6-7,9-10,14H,4-5,8,11H2,1-3H3,(H2,21,23,24). The molecule has 1 aliphatic heterocycles. The summed E-state index contributed by atoms with van der Waals surface area (Å²) in [5.41, 5.74) is 8.42. The molecule has 1 unspecified atom stereocenters. The van der Waals surface area contributed by atoms with Crippen molar-refractivity contribution < 1.29 is 4.74 Å². The van der Waals surface area contributed by atoms with Gasteiger partial charge in [0.25, 0.3) is 5.56 Å². The van der Waals surface area contributed by atoms with Crippen molar-refractivity contribution >= 4 is 22.8 Å². The van der Waals surface area contributed by atoms with Gasteiger partial charge in [-0.15, -0.1) is 0 Å². The second-order valence-electron chi connectivity index (χ2n) is 7.31. The first-order chi connectivity index (χ1) is 13.5. The lowest BCUT2D eigenvalue weighted by atomic mass is 10.0. The molecule has 1 aliphatic rings. The first kappa shape index (κ1) is 18.4. The fraction of sp³-hybridized carbons (Fsp3) is 0.400. The van der Waals surface area contributed by atoms with Crippen LogP contribution >= 0.6 is 0 Å². The zero-order chi connectivity index (χ0) is 19.8. The van der Waals surface area contributed by atoms with Gasteiger partial charge in [0.1, 0.15) is 11.5 Å². The van der Waals surface area contributed by atoms with Crippen LogP contribution in [0.1, 0.15) is 24.6 Å². The SMILES string of the molecule is Cc1nc(N)nc2c1cc(-c1ccc(N(C)C)nc1)c(=O)n2C1CCCOC1. The highest BCUT2D eigenvalue weighted by atomic mass is 16.5. The van der Waals surface area contributed by atoms with E-state index >= 15 is 0 Å². The largest absolute Gasteiger partial charge is 0.379 e. The van der Waals surface area contributed by atoms with E-state index in [0.29, 0.717) is 17.8 Å².